The summed E-state index contributed by atoms with van der Waals surface area (Å²) in [5.74, 6) is -3.30. The number of methoxy groups -OCH3 is 1. The maximum absolute atomic E-state index is 14.8. The largest absolute Gasteiger partial charge is 0.493 e. The number of halogens is 1. The lowest BCUT2D eigenvalue weighted by Crippen LogP contribution is -2.58. The third kappa shape index (κ3) is 12.3. The average Bonchev–Trinajstić information content (AvgIpc) is 3.15. The molecular weight excluding hydrogens is 717 g/mol. The Morgan fingerprint density at radius 3 is 2.47 bits per heavy atom. The maximum Gasteiger partial charge on any atom is 0.264 e. The number of nitrogens with one attached hydrogen (secondary N) is 5. The molecule has 1 aromatic heterocycles. The number of aliphatic hydroxyl groups is 1. The van der Waals surface area contributed by atoms with E-state index in [9.17, 15) is 38.3 Å². The molecule has 1 aliphatic heterocycles. The van der Waals surface area contributed by atoms with Gasteiger partial charge in [0.1, 0.15) is 23.7 Å². The highest BCUT2D eigenvalue weighted by molar-refractivity contribution is 5.95. The minimum atomic E-state index is -1.40. The molecule has 3 aromatic rings. The van der Waals surface area contributed by atoms with Crippen LogP contribution in [-0.4, -0.2) is 94.7 Å². The summed E-state index contributed by atoms with van der Waals surface area (Å²) in [6, 6.07) is 8.67. The molecule has 55 heavy (non-hydrogen) atoms. The van der Waals surface area contributed by atoms with Crippen molar-refractivity contribution in [3.05, 3.63) is 81.5 Å². The van der Waals surface area contributed by atoms with Crippen LogP contribution in [0.2, 0.25) is 0 Å². The number of rotatable bonds is 7. The van der Waals surface area contributed by atoms with Crippen molar-refractivity contribution in [3.63, 3.8) is 0 Å². The van der Waals surface area contributed by atoms with Crippen LogP contribution in [-0.2, 0) is 32.1 Å². The molecular formula is C38H48FN7O9. The van der Waals surface area contributed by atoms with E-state index in [0.717, 1.165) is 6.07 Å². The quantitative estimate of drug-likeness (QED) is 0.204. The van der Waals surface area contributed by atoms with Crippen LogP contribution in [0.5, 0.6) is 17.2 Å². The molecule has 0 unspecified atom stereocenters. The number of carbonyl (C=O) groups is 5. The first-order valence-corrected chi connectivity index (χ1v) is 18.1. The highest BCUT2D eigenvalue weighted by atomic mass is 19.1. The van der Waals surface area contributed by atoms with Crippen molar-refractivity contribution in [1.29, 1.82) is 0 Å². The number of benzene rings is 2. The molecule has 0 spiro atoms. The number of aliphatic hydroxyl groups excluding tert-OH is 1. The first-order chi connectivity index (χ1) is 26.3. The zero-order valence-electron chi connectivity index (χ0n) is 31.3. The second-order valence-corrected chi connectivity index (χ2v) is 13.3. The molecule has 2 heterocycles. The van der Waals surface area contributed by atoms with E-state index in [4.69, 9.17) is 9.47 Å². The van der Waals surface area contributed by atoms with Gasteiger partial charge in [-0.25, -0.2) is 9.49 Å². The second-order valence-electron chi connectivity index (χ2n) is 13.3. The van der Waals surface area contributed by atoms with Gasteiger partial charge in [-0.3, -0.25) is 28.8 Å². The van der Waals surface area contributed by atoms with Crippen LogP contribution >= 0.6 is 0 Å². The Labute approximate surface area is 317 Å². The molecule has 0 fully saturated rings. The fraction of sp³-hybridized carbons (Fsp3) is 0.447. The van der Waals surface area contributed by atoms with Gasteiger partial charge in [-0.05, 0) is 61.2 Å². The number of nitrogens with zero attached hydrogens (tertiary/aromatic N) is 2. The number of hydrogen-bond donors (Lipinski definition) is 6. The van der Waals surface area contributed by atoms with E-state index in [1.165, 1.54) is 61.4 Å². The minimum Gasteiger partial charge on any atom is -0.493 e. The van der Waals surface area contributed by atoms with E-state index in [2.05, 4.69) is 31.5 Å². The molecule has 4 atom stereocenters. The van der Waals surface area contributed by atoms with Crippen LogP contribution in [0.3, 0.4) is 0 Å². The minimum absolute atomic E-state index is 0.0232. The van der Waals surface area contributed by atoms with Gasteiger partial charge in [0.25, 0.3) is 11.5 Å². The number of aryl methyl sites for hydroxylation is 1. The van der Waals surface area contributed by atoms with Crippen LogP contribution in [0.15, 0.2) is 53.3 Å². The SMILES string of the molecule is CC[C@H](C)[C@@H]1NC(=O)[C@H]([C@@H](C)O)NC(=O)CCCN(C(=O)CCc2ccc(=O)[nH]n2)CCNC(=O)c2ccc(OC)c(c2)Oc2cc(F)cc(c2)CNC1=O. The molecule has 296 valence electrons. The molecule has 4 bridgehead atoms. The predicted octanol–water partition coefficient (Wildman–Crippen LogP) is 1.71. The summed E-state index contributed by atoms with van der Waals surface area (Å²) in [4.78, 5) is 79.4. The molecule has 0 saturated heterocycles. The summed E-state index contributed by atoms with van der Waals surface area (Å²) in [5, 5.41) is 27.4. The first kappa shape index (κ1) is 41.9. The highest BCUT2D eigenvalue weighted by Gasteiger charge is 2.32. The van der Waals surface area contributed by atoms with Crippen LogP contribution in [0.1, 0.15) is 68.1 Å². The molecule has 2 aromatic carbocycles. The van der Waals surface area contributed by atoms with E-state index in [1.807, 2.05) is 6.92 Å². The molecule has 6 N–H and O–H groups in total. The summed E-state index contributed by atoms with van der Waals surface area (Å²) in [5.41, 5.74) is 0.644. The lowest BCUT2D eigenvalue weighted by Gasteiger charge is -2.28. The molecule has 5 amide bonds. The third-order valence-corrected chi connectivity index (χ3v) is 9.11. The standard InChI is InChI=1S/C38H48FN7O9/c1-5-22(2)34-37(52)41-21-24-17-26(39)20-28(18-24)55-30-19-25(8-11-29(30)54-4)36(51)40-14-16-46(33(50)13-10-27-9-12-32(49)45-44-27)15-6-7-31(48)42-35(23(3)47)38(53)43-34/h8-9,11-12,17-20,22-23,34-35,47H,5-7,10,13-16,21H2,1-4H3,(H,40,51)(H,41,52)(H,42,48)(H,43,53)(H,45,49)/t22-,23+,34-,35-/m0/s1. The summed E-state index contributed by atoms with van der Waals surface area (Å²) in [7, 11) is 1.41. The van der Waals surface area contributed by atoms with Crippen molar-refractivity contribution in [2.24, 2.45) is 5.92 Å². The van der Waals surface area contributed by atoms with Crippen molar-refractivity contribution in [3.8, 4) is 17.2 Å². The van der Waals surface area contributed by atoms with Gasteiger partial charge in [0, 0.05) is 63.1 Å². The zero-order chi connectivity index (χ0) is 40.1. The third-order valence-electron chi connectivity index (χ3n) is 9.11. The van der Waals surface area contributed by atoms with E-state index < -0.39 is 47.6 Å². The van der Waals surface area contributed by atoms with Crippen molar-refractivity contribution in [2.45, 2.75) is 77.6 Å². The number of aromatic nitrogens is 2. The molecule has 0 saturated carbocycles. The summed E-state index contributed by atoms with van der Waals surface area (Å²) in [6.45, 7) is 5.02. The van der Waals surface area contributed by atoms with E-state index in [0.29, 0.717) is 17.7 Å². The van der Waals surface area contributed by atoms with Crippen molar-refractivity contribution >= 4 is 29.5 Å². The molecule has 16 nitrogen and oxygen atoms in total. The zero-order valence-corrected chi connectivity index (χ0v) is 31.3. The molecule has 0 radical (unpaired) electrons. The Balaban J connectivity index is 1.62. The van der Waals surface area contributed by atoms with Gasteiger partial charge in [0.15, 0.2) is 11.5 Å². The summed E-state index contributed by atoms with van der Waals surface area (Å²) < 4.78 is 26.2. The van der Waals surface area contributed by atoms with Gasteiger partial charge >= 0.3 is 0 Å². The van der Waals surface area contributed by atoms with Gasteiger partial charge in [0.2, 0.25) is 23.6 Å². The van der Waals surface area contributed by atoms with Gasteiger partial charge in [-0.1, -0.05) is 20.3 Å². The van der Waals surface area contributed by atoms with Crippen molar-refractivity contribution in [1.82, 2.24) is 36.4 Å². The van der Waals surface area contributed by atoms with Crippen molar-refractivity contribution in [2.75, 3.05) is 26.7 Å². The molecule has 17 heteroatoms. The lowest BCUT2D eigenvalue weighted by molar-refractivity contribution is -0.135. The molecule has 4 rings (SSSR count). The van der Waals surface area contributed by atoms with Gasteiger partial charge in [-0.15, -0.1) is 0 Å². The van der Waals surface area contributed by atoms with Crippen LogP contribution in [0.4, 0.5) is 4.39 Å². The summed E-state index contributed by atoms with van der Waals surface area (Å²) in [6.07, 6.45) is -0.522. The predicted molar refractivity (Wildman–Crippen MR) is 198 cm³/mol. The first-order valence-electron chi connectivity index (χ1n) is 18.1. The second kappa shape index (κ2) is 20.0. The lowest BCUT2D eigenvalue weighted by atomic mass is 9.97. The Morgan fingerprint density at radius 1 is 1.00 bits per heavy atom. The number of carbonyl (C=O) groups excluding carboxylic acids is 5. The Hall–Kier alpha value is -5.84. The van der Waals surface area contributed by atoms with Crippen LogP contribution in [0, 0.1) is 11.7 Å². The van der Waals surface area contributed by atoms with E-state index in [-0.39, 0.29) is 92.1 Å². The topological polar surface area (TPSA) is 221 Å². The fourth-order valence-electron chi connectivity index (χ4n) is 5.81. The average molecular weight is 766 g/mol. The number of ether oxygens (including phenoxy) is 2. The number of hydrogen-bond acceptors (Lipinski definition) is 10. The van der Waals surface area contributed by atoms with Crippen LogP contribution in [0.25, 0.3) is 0 Å². The summed E-state index contributed by atoms with van der Waals surface area (Å²) >= 11 is 0. The maximum atomic E-state index is 14.8. The smallest absolute Gasteiger partial charge is 0.264 e. The Bertz CT molecular complexity index is 1880. The van der Waals surface area contributed by atoms with Crippen molar-refractivity contribution < 1.29 is 42.9 Å². The number of amides is 5. The monoisotopic (exact) mass is 765 g/mol. The van der Waals surface area contributed by atoms with E-state index >= 15 is 0 Å². The number of aromatic amines is 1. The highest BCUT2D eigenvalue weighted by Crippen LogP contribution is 2.33. The van der Waals surface area contributed by atoms with Crippen LogP contribution < -0.4 is 36.3 Å². The van der Waals surface area contributed by atoms with E-state index in [1.54, 1.807) is 6.92 Å². The number of H-pyrrole nitrogens is 1. The van der Waals surface area contributed by atoms with Gasteiger partial charge < -0.3 is 40.7 Å². The Morgan fingerprint density at radius 2 is 1.78 bits per heavy atom. The normalized spacial score (nSPS) is 19.0. The molecule has 1 aliphatic rings. The van der Waals surface area contributed by atoms with Gasteiger partial charge in [-0.2, -0.15) is 5.10 Å². The molecule has 0 aliphatic carbocycles. The Kier molecular flexibility index (Phi) is 15.2. The van der Waals surface area contributed by atoms with Gasteiger partial charge in [0.05, 0.1) is 18.9 Å². The number of fused-ring (bicyclic) bond motifs is 4. The fourth-order valence-corrected chi connectivity index (χ4v) is 5.81.